The number of rotatable bonds is 3. The summed E-state index contributed by atoms with van der Waals surface area (Å²) in [5, 5.41) is 11.3. The van der Waals surface area contributed by atoms with Crippen molar-refractivity contribution in [3.05, 3.63) is 50.7 Å². The van der Waals surface area contributed by atoms with Crippen LogP contribution in [0, 0.1) is 24.0 Å². The zero-order valence-electron chi connectivity index (χ0n) is 11.3. The number of nitrogens with zero attached hydrogens (tertiary/aromatic N) is 2. The number of hydrogen-bond acceptors (Lipinski definition) is 4. The molecular formula is C14H13ClN2O3. The summed E-state index contributed by atoms with van der Waals surface area (Å²) < 4.78 is 5.24. The minimum atomic E-state index is -0.461. The molecule has 0 amide bonds. The fourth-order valence-electron chi connectivity index (χ4n) is 2.04. The molecule has 0 saturated carbocycles. The Kier molecular flexibility index (Phi) is 3.90. The molecule has 5 nitrogen and oxygen atoms in total. The van der Waals surface area contributed by atoms with Gasteiger partial charge in [0.25, 0.3) is 5.69 Å². The molecule has 104 valence electrons. The highest BCUT2D eigenvalue weighted by molar-refractivity contribution is 6.29. The number of aromatic nitrogens is 1. The number of halogens is 1. The number of nitro groups is 1. The normalized spacial score (nSPS) is 10.4. The number of pyridine rings is 1. The molecule has 6 heteroatoms. The molecule has 0 spiro atoms. The van der Waals surface area contributed by atoms with E-state index in [-0.39, 0.29) is 16.5 Å². The van der Waals surface area contributed by atoms with Crippen molar-refractivity contribution in [3.8, 4) is 17.0 Å². The van der Waals surface area contributed by atoms with Crippen LogP contribution in [0.25, 0.3) is 11.3 Å². The highest BCUT2D eigenvalue weighted by Gasteiger charge is 2.20. The lowest BCUT2D eigenvalue weighted by molar-refractivity contribution is -0.384. The van der Waals surface area contributed by atoms with E-state index in [0.29, 0.717) is 5.56 Å². The zero-order chi connectivity index (χ0) is 14.9. The second kappa shape index (κ2) is 5.46. The predicted molar refractivity (Wildman–Crippen MR) is 77.4 cm³/mol. The van der Waals surface area contributed by atoms with Crippen molar-refractivity contribution in [2.75, 3.05) is 7.11 Å². The Morgan fingerprint density at radius 1 is 1.25 bits per heavy atom. The first-order valence-corrected chi connectivity index (χ1v) is 6.28. The van der Waals surface area contributed by atoms with Gasteiger partial charge in [0.05, 0.1) is 12.0 Å². The average Bonchev–Trinajstić information content (AvgIpc) is 2.40. The topological polar surface area (TPSA) is 65.3 Å². The third-order valence-electron chi connectivity index (χ3n) is 3.03. The third-order valence-corrected chi connectivity index (χ3v) is 3.24. The van der Waals surface area contributed by atoms with Crippen LogP contribution in [0.2, 0.25) is 5.15 Å². The van der Waals surface area contributed by atoms with Crippen molar-refractivity contribution in [2.24, 2.45) is 0 Å². The summed E-state index contributed by atoms with van der Waals surface area (Å²) >= 11 is 5.86. The van der Waals surface area contributed by atoms with E-state index in [1.807, 2.05) is 26.0 Å². The molecular weight excluding hydrogens is 280 g/mol. The molecule has 0 aliphatic carbocycles. The molecule has 0 bridgehead atoms. The second-order valence-corrected chi connectivity index (χ2v) is 4.78. The van der Waals surface area contributed by atoms with E-state index >= 15 is 0 Å². The molecule has 0 atom stereocenters. The molecule has 0 aliphatic rings. The van der Waals surface area contributed by atoms with Crippen LogP contribution in [0.3, 0.4) is 0 Å². The van der Waals surface area contributed by atoms with Gasteiger partial charge >= 0.3 is 0 Å². The molecule has 0 aliphatic heterocycles. The summed E-state index contributed by atoms with van der Waals surface area (Å²) in [4.78, 5) is 14.8. The Bertz CT molecular complexity index is 686. The van der Waals surface area contributed by atoms with Crippen LogP contribution in [0.15, 0.2) is 24.3 Å². The lowest BCUT2D eigenvalue weighted by Gasteiger charge is -2.11. The largest absolute Gasteiger partial charge is 0.496 e. The van der Waals surface area contributed by atoms with Gasteiger partial charge in [-0.05, 0) is 43.2 Å². The molecule has 20 heavy (non-hydrogen) atoms. The van der Waals surface area contributed by atoms with Crippen LogP contribution < -0.4 is 4.74 Å². The summed E-state index contributed by atoms with van der Waals surface area (Å²) in [5.74, 6) is 0.732. The average molecular weight is 293 g/mol. The number of methoxy groups -OCH3 is 1. The van der Waals surface area contributed by atoms with Crippen molar-refractivity contribution in [1.82, 2.24) is 4.98 Å². The quantitative estimate of drug-likeness (QED) is 0.488. The predicted octanol–water partition coefficient (Wildman–Crippen LogP) is 3.94. The van der Waals surface area contributed by atoms with E-state index in [4.69, 9.17) is 16.3 Å². The van der Waals surface area contributed by atoms with Gasteiger partial charge in [-0.3, -0.25) is 10.1 Å². The Morgan fingerprint density at radius 2 is 1.95 bits per heavy atom. The summed E-state index contributed by atoms with van der Waals surface area (Å²) in [6.45, 7) is 3.72. The number of ether oxygens (including phenoxy) is 1. The Labute approximate surface area is 121 Å². The van der Waals surface area contributed by atoms with Crippen LogP contribution >= 0.6 is 11.6 Å². The van der Waals surface area contributed by atoms with Gasteiger partial charge in [-0.15, -0.1) is 0 Å². The Hall–Kier alpha value is -2.14. The lowest BCUT2D eigenvalue weighted by Crippen LogP contribution is -1.98. The first kappa shape index (κ1) is 14.3. The fraction of sp³-hybridized carbons (Fsp3) is 0.214. The molecule has 2 rings (SSSR count). The van der Waals surface area contributed by atoms with E-state index < -0.39 is 4.92 Å². The fourth-order valence-corrected chi connectivity index (χ4v) is 2.19. The molecule has 0 N–H and O–H groups in total. The second-order valence-electron chi connectivity index (χ2n) is 4.40. The number of benzene rings is 1. The standard InChI is InChI=1S/C14H13ClN2O3/c1-8-7-12(20-3)9(2)6-10(8)14-11(17(18)19)4-5-13(15)16-14/h4-7H,1-3H3. The van der Waals surface area contributed by atoms with Gasteiger partial charge in [-0.2, -0.15) is 0 Å². The summed E-state index contributed by atoms with van der Waals surface area (Å²) in [6, 6.07) is 6.43. The molecule has 0 saturated heterocycles. The van der Waals surface area contributed by atoms with Gasteiger partial charge in [0.2, 0.25) is 0 Å². The van der Waals surface area contributed by atoms with Crippen molar-refractivity contribution in [3.63, 3.8) is 0 Å². The van der Waals surface area contributed by atoms with Gasteiger partial charge in [0, 0.05) is 11.6 Å². The van der Waals surface area contributed by atoms with E-state index in [1.165, 1.54) is 12.1 Å². The third kappa shape index (κ3) is 2.58. The van der Waals surface area contributed by atoms with Crippen LogP contribution in [0.1, 0.15) is 11.1 Å². The maximum Gasteiger partial charge on any atom is 0.295 e. The maximum absolute atomic E-state index is 11.1. The van der Waals surface area contributed by atoms with Crippen molar-refractivity contribution >= 4 is 17.3 Å². The first-order chi connectivity index (χ1) is 9.43. The van der Waals surface area contributed by atoms with Gasteiger partial charge in [0.15, 0.2) is 0 Å². The highest BCUT2D eigenvalue weighted by Crippen LogP contribution is 2.34. The van der Waals surface area contributed by atoms with E-state index in [0.717, 1.165) is 16.9 Å². The first-order valence-electron chi connectivity index (χ1n) is 5.90. The lowest BCUT2D eigenvalue weighted by atomic mass is 10.0. The minimum Gasteiger partial charge on any atom is -0.496 e. The molecule has 0 fully saturated rings. The van der Waals surface area contributed by atoms with Crippen LogP contribution in [0.4, 0.5) is 5.69 Å². The van der Waals surface area contributed by atoms with Crippen LogP contribution in [0.5, 0.6) is 5.75 Å². The summed E-state index contributed by atoms with van der Waals surface area (Å²) in [6.07, 6.45) is 0. The molecule has 1 heterocycles. The Morgan fingerprint density at radius 3 is 2.55 bits per heavy atom. The van der Waals surface area contributed by atoms with Gasteiger partial charge in [-0.25, -0.2) is 4.98 Å². The molecule has 0 unspecified atom stereocenters. The van der Waals surface area contributed by atoms with E-state index in [1.54, 1.807) is 7.11 Å². The number of aryl methyl sites for hydroxylation is 2. The van der Waals surface area contributed by atoms with E-state index in [9.17, 15) is 10.1 Å². The van der Waals surface area contributed by atoms with Crippen LogP contribution in [-0.4, -0.2) is 17.0 Å². The van der Waals surface area contributed by atoms with Gasteiger partial charge in [0.1, 0.15) is 16.6 Å². The number of hydrogen-bond donors (Lipinski definition) is 0. The molecule has 1 aromatic carbocycles. The monoisotopic (exact) mass is 292 g/mol. The van der Waals surface area contributed by atoms with Crippen molar-refractivity contribution in [1.29, 1.82) is 0 Å². The maximum atomic E-state index is 11.1. The minimum absolute atomic E-state index is 0.0675. The molecule has 0 radical (unpaired) electrons. The smallest absolute Gasteiger partial charge is 0.295 e. The summed E-state index contributed by atoms with van der Waals surface area (Å²) in [5.41, 5.74) is 2.60. The van der Waals surface area contributed by atoms with Gasteiger partial charge < -0.3 is 4.74 Å². The highest BCUT2D eigenvalue weighted by atomic mass is 35.5. The summed E-state index contributed by atoms with van der Waals surface area (Å²) in [7, 11) is 1.58. The van der Waals surface area contributed by atoms with E-state index in [2.05, 4.69) is 4.98 Å². The zero-order valence-corrected chi connectivity index (χ0v) is 12.1. The SMILES string of the molecule is COc1cc(C)c(-c2nc(Cl)ccc2[N+](=O)[O-])cc1C. The molecule has 1 aromatic heterocycles. The van der Waals surface area contributed by atoms with Crippen LogP contribution in [-0.2, 0) is 0 Å². The molecule has 2 aromatic rings. The van der Waals surface area contributed by atoms with Gasteiger partial charge in [-0.1, -0.05) is 11.6 Å². The van der Waals surface area contributed by atoms with Crippen molar-refractivity contribution in [2.45, 2.75) is 13.8 Å². The van der Waals surface area contributed by atoms with Crippen molar-refractivity contribution < 1.29 is 9.66 Å². The Balaban J connectivity index is 2.71.